The van der Waals surface area contributed by atoms with Crippen LogP contribution >= 0.6 is 11.6 Å². The molecule has 0 radical (unpaired) electrons. The van der Waals surface area contributed by atoms with Gasteiger partial charge >= 0.3 is 0 Å². The zero-order chi connectivity index (χ0) is 13.0. The van der Waals surface area contributed by atoms with E-state index in [-0.39, 0.29) is 6.10 Å². The van der Waals surface area contributed by atoms with Crippen LogP contribution in [0.5, 0.6) is 0 Å². The summed E-state index contributed by atoms with van der Waals surface area (Å²) in [6.07, 6.45) is 3.67. The van der Waals surface area contributed by atoms with E-state index in [1.807, 2.05) is 6.07 Å². The maximum atomic E-state index is 8.77. The van der Waals surface area contributed by atoms with Crippen molar-refractivity contribution in [1.29, 1.82) is 5.26 Å². The Morgan fingerprint density at radius 1 is 1.44 bits per heavy atom. The van der Waals surface area contributed by atoms with E-state index >= 15 is 0 Å². The molecular weight excluding hydrogens is 248 g/mol. The maximum absolute atomic E-state index is 8.77. The van der Waals surface area contributed by atoms with Gasteiger partial charge in [0.1, 0.15) is 0 Å². The van der Waals surface area contributed by atoms with Crippen LogP contribution in [0.3, 0.4) is 0 Å². The Balaban J connectivity index is 1.96. The Kier molecular flexibility index (Phi) is 4.60. The van der Waals surface area contributed by atoms with Gasteiger partial charge in [0, 0.05) is 5.02 Å². The normalized spacial score (nSPS) is 22.9. The highest BCUT2D eigenvalue weighted by Gasteiger charge is 2.26. The fourth-order valence-corrected chi connectivity index (χ4v) is 2.66. The monoisotopic (exact) mass is 264 g/mol. The Morgan fingerprint density at radius 3 is 2.94 bits per heavy atom. The third-order valence-electron chi connectivity index (χ3n) is 3.53. The van der Waals surface area contributed by atoms with Gasteiger partial charge in [-0.3, -0.25) is 0 Å². The van der Waals surface area contributed by atoms with Crippen LogP contribution in [-0.2, 0) is 11.3 Å². The fraction of sp³-hybridized carbons (Fsp3) is 0.500. The minimum absolute atomic E-state index is 0.252. The molecule has 18 heavy (non-hydrogen) atoms. The lowest BCUT2D eigenvalue weighted by Crippen LogP contribution is -2.25. The number of nitrogens with zero attached hydrogens (tertiary/aromatic N) is 1. The van der Waals surface area contributed by atoms with Crippen LogP contribution in [0.15, 0.2) is 18.2 Å². The molecule has 0 bridgehead atoms. The minimum atomic E-state index is 0.252. The number of rotatable bonds is 4. The van der Waals surface area contributed by atoms with Crippen molar-refractivity contribution < 1.29 is 4.74 Å². The summed E-state index contributed by atoms with van der Waals surface area (Å²) in [6, 6.07) is 7.36. The molecule has 2 atom stereocenters. The molecule has 1 fully saturated rings. The maximum Gasteiger partial charge on any atom is 0.0992 e. The summed E-state index contributed by atoms with van der Waals surface area (Å²) in [5, 5.41) is 9.36. The fourth-order valence-electron chi connectivity index (χ4n) is 2.42. The van der Waals surface area contributed by atoms with Crippen LogP contribution in [0.1, 0.15) is 30.4 Å². The van der Waals surface area contributed by atoms with Gasteiger partial charge in [-0.1, -0.05) is 24.1 Å². The van der Waals surface area contributed by atoms with Crippen LogP contribution in [-0.4, -0.2) is 12.6 Å². The molecule has 0 aliphatic heterocycles. The van der Waals surface area contributed by atoms with Gasteiger partial charge in [0.2, 0.25) is 0 Å². The lowest BCUT2D eigenvalue weighted by Gasteiger charge is -2.19. The molecule has 0 spiro atoms. The lowest BCUT2D eigenvalue weighted by molar-refractivity contribution is 0.0183. The van der Waals surface area contributed by atoms with Crippen molar-refractivity contribution in [2.24, 2.45) is 11.7 Å². The third-order valence-corrected chi connectivity index (χ3v) is 3.88. The summed E-state index contributed by atoms with van der Waals surface area (Å²) in [7, 11) is 0. The second-order valence-corrected chi connectivity index (χ2v) is 5.10. The predicted molar refractivity (Wildman–Crippen MR) is 71.1 cm³/mol. The van der Waals surface area contributed by atoms with Crippen molar-refractivity contribution in [3.8, 4) is 6.07 Å². The van der Waals surface area contributed by atoms with E-state index in [0.717, 1.165) is 18.4 Å². The first-order valence-electron chi connectivity index (χ1n) is 6.24. The van der Waals surface area contributed by atoms with Crippen molar-refractivity contribution >= 4 is 11.6 Å². The first-order chi connectivity index (χ1) is 8.74. The first kappa shape index (κ1) is 13.4. The Bertz CT molecular complexity index is 456. The van der Waals surface area contributed by atoms with Gasteiger partial charge in [-0.2, -0.15) is 5.26 Å². The number of ether oxygens (including phenoxy) is 1. The van der Waals surface area contributed by atoms with Crippen LogP contribution in [0.25, 0.3) is 0 Å². The number of hydrogen-bond donors (Lipinski definition) is 1. The summed E-state index contributed by atoms with van der Waals surface area (Å²) in [6.45, 7) is 1.18. The molecular formula is C14H17ClN2O. The highest BCUT2D eigenvalue weighted by molar-refractivity contribution is 6.31. The molecule has 0 amide bonds. The van der Waals surface area contributed by atoms with E-state index in [4.69, 9.17) is 27.3 Å². The summed E-state index contributed by atoms with van der Waals surface area (Å²) in [5.41, 5.74) is 7.22. The van der Waals surface area contributed by atoms with Crippen molar-refractivity contribution in [2.45, 2.75) is 32.0 Å². The Morgan fingerprint density at radius 2 is 2.28 bits per heavy atom. The highest BCUT2D eigenvalue weighted by Crippen LogP contribution is 2.29. The lowest BCUT2D eigenvalue weighted by atomic mass is 10.1. The Labute approximate surface area is 112 Å². The van der Waals surface area contributed by atoms with Crippen LogP contribution in [0.2, 0.25) is 5.02 Å². The van der Waals surface area contributed by atoms with Gasteiger partial charge in [0.05, 0.1) is 24.3 Å². The van der Waals surface area contributed by atoms with E-state index in [1.54, 1.807) is 12.1 Å². The van der Waals surface area contributed by atoms with E-state index in [9.17, 15) is 0 Å². The molecule has 1 saturated carbocycles. The van der Waals surface area contributed by atoms with Crippen LogP contribution in [0, 0.1) is 17.2 Å². The summed E-state index contributed by atoms with van der Waals surface area (Å²) >= 11 is 6.11. The van der Waals surface area contributed by atoms with Crippen LogP contribution < -0.4 is 5.73 Å². The zero-order valence-corrected chi connectivity index (χ0v) is 11.0. The van der Waals surface area contributed by atoms with E-state index in [0.29, 0.717) is 29.7 Å². The second kappa shape index (κ2) is 6.19. The molecule has 1 aromatic rings. The molecule has 2 rings (SSSR count). The minimum Gasteiger partial charge on any atom is -0.373 e. The molecule has 2 unspecified atom stereocenters. The van der Waals surface area contributed by atoms with E-state index < -0.39 is 0 Å². The summed E-state index contributed by atoms with van der Waals surface area (Å²) in [4.78, 5) is 0. The molecule has 0 heterocycles. The van der Waals surface area contributed by atoms with Crippen molar-refractivity contribution in [2.75, 3.05) is 6.54 Å². The summed E-state index contributed by atoms with van der Waals surface area (Å²) < 4.78 is 5.90. The standard InChI is InChI=1S/C14H17ClN2O/c15-13-6-10(7-16)4-5-12(13)9-18-14-3-1-2-11(14)8-17/h4-6,11,14H,1-3,8-9,17H2. The Hall–Kier alpha value is -1.08. The van der Waals surface area contributed by atoms with E-state index in [1.165, 1.54) is 6.42 Å². The average Bonchev–Trinajstić information content (AvgIpc) is 2.84. The van der Waals surface area contributed by atoms with E-state index in [2.05, 4.69) is 6.07 Å². The molecule has 0 saturated heterocycles. The van der Waals surface area contributed by atoms with Gasteiger partial charge in [-0.15, -0.1) is 0 Å². The summed E-state index contributed by atoms with van der Waals surface area (Å²) in [5.74, 6) is 0.474. The number of hydrogen-bond acceptors (Lipinski definition) is 3. The van der Waals surface area contributed by atoms with Crippen LogP contribution in [0.4, 0.5) is 0 Å². The molecule has 3 nitrogen and oxygen atoms in total. The van der Waals surface area contributed by atoms with Crippen molar-refractivity contribution in [1.82, 2.24) is 0 Å². The zero-order valence-electron chi connectivity index (χ0n) is 10.2. The SMILES string of the molecule is N#Cc1ccc(COC2CCCC2CN)c(Cl)c1. The van der Waals surface area contributed by atoms with Crippen molar-refractivity contribution in [3.05, 3.63) is 34.3 Å². The average molecular weight is 265 g/mol. The molecule has 2 N–H and O–H groups in total. The van der Waals surface area contributed by atoms with Gasteiger partial charge in [-0.25, -0.2) is 0 Å². The first-order valence-corrected chi connectivity index (χ1v) is 6.62. The largest absolute Gasteiger partial charge is 0.373 e. The second-order valence-electron chi connectivity index (χ2n) is 4.69. The quantitative estimate of drug-likeness (QED) is 0.910. The highest BCUT2D eigenvalue weighted by atomic mass is 35.5. The van der Waals surface area contributed by atoms with Gasteiger partial charge < -0.3 is 10.5 Å². The molecule has 1 aromatic carbocycles. The van der Waals surface area contributed by atoms with Gasteiger partial charge in [0.15, 0.2) is 0 Å². The van der Waals surface area contributed by atoms with Gasteiger partial charge in [-0.05, 0) is 43.0 Å². The number of benzene rings is 1. The molecule has 1 aliphatic rings. The predicted octanol–water partition coefficient (Wildman–Crippen LogP) is 2.86. The topological polar surface area (TPSA) is 59.0 Å². The number of nitrogens with two attached hydrogens (primary N) is 1. The third kappa shape index (κ3) is 3.02. The van der Waals surface area contributed by atoms with Gasteiger partial charge in [0.25, 0.3) is 0 Å². The number of halogens is 1. The van der Waals surface area contributed by atoms with Crippen molar-refractivity contribution in [3.63, 3.8) is 0 Å². The number of nitriles is 1. The molecule has 0 aromatic heterocycles. The molecule has 4 heteroatoms. The molecule has 96 valence electrons. The smallest absolute Gasteiger partial charge is 0.0992 e. The molecule has 1 aliphatic carbocycles.